The third-order valence-corrected chi connectivity index (χ3v) is 9.74. The van der Waals surface area contributed by atoms with Gasteiger partial charge >= 0.3 is 0 Å². The number of aromatic nitrogens is 5. The van der Waals surface area contributed by atoms with Crippen molar-refractivity contribution in [2.45, 2.75) is 83.2 Å². The molecule has 222 valence electrons. The minimum absolute atomic E-state index is 0.0463. The Hall–Kier alpha value is -2.96. The maximum Gasteiger partial charge on any atom is 0.268 e. The van der Waals surface area contributed by atoms with Crippen molar-refractivity contribution < 1.29 is 17.9 Å². The van der Waals surface area contributed by atoms with Gasteiger partial charge in [-0.3, -0.25) is 9.48 Å². The van der Waals surface area contributed by atoms with E-state index in [1.165, 1.54) is 29.8 Å². The molecule has 41 heavy (non-hydrogen) atoms. The third-order valence-electron chi connectivity index (χ3n) is 8.02. The number of hydrogen-bond acceptors (Lipinski definition) is 8. The first-order valence-electron chi connectivity index (χ1n) is 14.0. The monoisotopic (exact) mass is 603 g/mol. The Bertz CT molecular complexity index is 1530. The minimum Gasteiger partial charge on any atom is -0.477 e. The molecule has 3 aromatic rings. The molecule has 3 aromatic heterocycles. The zero-order valence-corrected chi connectivity index (χ0v) is 25.6. The summed E-state index contributed by atoms with van der Waals surface area (Å²) in [6, 6.07) is 4.69. The van der Waals surface area contributed by atoms with Crippen LogP contribution >= 0.6 is 11.6 Å². The van der Waals surface area contributed by atoms with Gasteiger partial charge in [-0.2, -0.15) is 5.10 Å². The molecule has 4 heterocycles. The molecule has 1 saturated heterocycles. The molecule has 2 N–H and O–H groups in total. The summed E-state index contributed by atoms with van der Waals surface area (Å²) in [6.07, 6.45) is 9.62. The Balaban J connectivity index is 1.18. The second-order valence-corrected chi connectivity index (χ2v) is 14.3. The van der Waals surface area contributed by atoms with Crippen LogP contribution in [-0.4, -0.2) is 57.6 Å². The van der Waals surface area contributed by atoms with Gasteiger partial charge in [-0.1, -0.05) is 18.5 Å². The fraction of sp³-hybridized carbons (Fsp3) is 0.571. The molecule has 0 unspecified atom stereocenters. The fourth-order valence-electron chi connectivity index (χ4n) is 5.24. The van der Waals surface area contributed by atoms with Crippen LogP contribution in [0, 0.1) is 18.3 Å². The van der Waals surface area contributed by atoms with Crippen molar-refractivity contribution in [3.63, 3.8) is 0 Å². The van der Waals surface area contributed by atoms with E-state index in [1.807, 2.05) is 0 Å². The maximum atomic E-state index is 13.1. The van der Waals surface area contributed by atoms with Gasteiger partial charge in [0.2, 0.25) is 5.88 Å². The van der Waals surface area contributed by atoms with Crippen LogP contribution in [0.25, 0.3) is 5.82 Å². The van der Waals surface area contributed by atoms with Crippen LogP contribution in [-0.2, 0) is 16.6 Å². The highest BCUT2D eigenvalue weighted by Crippen LogP contribution is 2.47. The van der Waals surface area contributed by atoms with Crippen molar-refractivity contribution in [3.05, 3.63) is 47.0 Å². The largest absolute Gasteiger partial charge is 0.477 e. The second-order valence-electron chi connectivity index (χ2n) is 12.3. The predicted molar refractivity (Wildman–Crippen MR) is 155 cm³/mol. The number of carbonyl (C=O) groups is 1. The standard InChI is InChI=1S/C28H38ClN7O4S/c1-19-22(18-35(32-19)13-5-6-20-16-27(2,3)30-17-20)41(38,39)34-26(37)21-7-8-23(31-25(21)29)36-14-9-24(33-36)40-15-12-28(4)10-11-28/h7-9,14,18,20,30H,5-6,10-13,15-17H2,1-4H3,(H,34,37)/t20-/m0/s1. The van der Waals surface area contributed by atoms with Crippen LogP contribution in [0.2, 0.25) is 5.15 Å². The SMILES string of the molecule is Cc1nn(CCC[C@@H]2CNC(C)(C)C2)cc1S(=O)(=O)NC(=O)c1ccc(-n2ccc(OCCC3(C)CC3)n2)nc1Cl. The summed E-state index contributed by atoms with van der Waals surface area (Å²) in [5, 5.41) is 12.1. The molecule has 2 aliphatic rings. The molecule has 1 atom stereocenters. The topological polar surface area (TPSA) is 133 Å². The lowest BCUT2D eigenvalue weighted by atomic mass is 9.94. The van der Waals surface area contributed by atoms with Gasteiger partial charge in [-0.05, 0) is 89.3 Å². The van der Waals surface area contributed by atoms with E-state index in [-0.39, 0.29) is 21.2 Å². The van der Waals surface area contributed by atoms with Gasteiger partial charge < -0.3 is 10.1 Å². The van der Waals surface area contributed by atoms with Crippen molar-refractivity contribution in [2.24, 2.45) is 11.3 Å². The van der Waals surface area contributed by atoms with Crippen molar-refractivity contribution in [2.75, 3.05) is 13.2 Å². The van der Waals surface area contributed by atoms with Gasteiger partial charge in [0.1, 0.15) is 10.0 Å². The van der Waals surface area contributed by atoms with E-state index in [0.29, 0.717) is 41.9 Å². The number of carbonyl (C=O) groups excluding carboxylic acids is 1. The first-order chi connectivity index (χ1) is 19.3. The van der Waals surface area contributed by atoms with Crippen molar-refractivity contribution in [1.82, 2.24) is 34.6 Å². The summed E-state index contributed by atoms with van der Waals surface area (Å²) >= 11 is 6.30. The van der Waals surface area contributed by atoms with E-state index in [0.717, 1.165) is 32.2 Å². The number of rotatable bonds is 12. The molecule has 1 amide bonds. The summed E-state index contributed by atoms with van der Waals surface area (Å²) in [5.41, 5.74) is 0.802. The highest BCUT2D eigenvalue weighted by atomic mass is 35.5. The summed E-state index contributed by atoms with van der Waals surface area (Å²) in [6.45, 7) is 10.4. The number of sulfonamides is 1. The van der Waals surface area contributed by atoms with Gasteiger partial charge in [0.25, 0.3) is 15.9 Å². The van der Waals surface area contributed by atoms with Gasteiger partial charge in [0.15, 0.2) is 5.82 Å². The molecule has 1 aliphatic carbocycles. The zero-order chi connectivity index (χ0) is 29.4. The number of amides is 1. The number of nitrogens with zero attached hydrogens (tertiary/aromatic N) is 5. The van der Waals surface area contributed by atoms with Crippen LogP contribution in [0.3, 0.4) is 0 Å². The Kier molecular flexibility index (Phi) is 8.19. The van der Waals surface area contributed by atoms with Crippen LogP contribution in [0.1, 0.15) is 75.3 Å². The quantitative estimate of drug-likeness (QED) is 0.293. The Morgan fingerprint density at radius 1 is 1.22 bits per heavy atom. The number of hydrogen-bond donors (Lipinski definition) is 2. The van der Waals surface area contributed by atoms with Crippen molar-refractivity contribution in [1.29, 1.82) is 0 Å². The van der Waals surface area contributed by atoms with Gasteiger partial charge in [-0.15, -0.1) is 5.10 Å². The Morgan fingerprint density at radius 3 is 2.68 bits per heavy atom. The zero-order valence-electron chi connectivity index (χ0n) is 24.0. The summed E-state index contributed by atoms with van der Waals surface area (Å²) in [4.78, 5) is 17.1. The second kappa shape index (κ2) is 11.4. The first kappa shape index (κ1) is 29.5. The highest BCUT2D eigenvalue weighted by molar-refractivity contribution is 7.90. The first-order valence-corrected chi connectivity index (χ1v) is 15.9. The van der Waals surface area contributed by atoms with E-state index >= 15 is 0 Å². The maximum absolute atomic E-state index is 13.1. The number of ether oxygens (including phenoxy) is 1. The van der Waals surface area contributed by atoms with Gasteiger partial charge in [0, 0.05) is 30.5 Å². The molecular formula is C28H38ClN7O4S. The molecule has 13 heteroatoms. The average Bonchev–Trinajstić information content (AvgIpc) is 3.21. The van der Waals surface area contributed by atoms with Gasteiger partial charge in [-0.25, -0.2) is 22.8 Å². The van der Waals surface area contributed by atoms with Crippen LogP contribution < -0.4 is 14.8 Å². The molecule has 0 bridgehead atoms. The van der Waals surface area contributed by atoms with Gasteiger partial charge in [0.05, 0.1) is 17.9 Å². The lowest BCUT2D eigenvalue weighted by Crippen LogP contribution is -2.31. The Morgan fingerprint density at radius 2 is 2.00 bits per heavy atom. The number of pyridine rings is 1. The Labute approximate surface area is 246 Å². The minimum atomic E-state index is -4.18. The molecular weight excluding hydrogens is 566 g/mol. The highest BCUT2D eigenvalue weighted by Gasteiger charge is 2.36. The van der Waals surface area contributed by atoms with Crippen LogP contribution in [0.15, 0.2) is 35.5 Å². The van der Waals surface area contributed by atoms with E-state index < -0.39 is 15.9 Å². The summed E-state index contributed by atoms with van der Waals surface area (Å²) < 4.78 is 37.1. The number of halogens is 1. The smallest absolute Gasteiger partial charge is 0.268 e. The molecule has 5 rings (SSSR count). The van der Waals surface area contributed by atoms with E-state index in [2.05, 4.69) is 46.0 Å². The number of nitrogens with one attached hydrogen (secondary N) is 2. The summed E-state index contributed by atoms with van der Waals surface area (Å²) in [5.74, 6) is 0.553. The van der Waals surface area contributed by atoms with E-state index in [9.17, 15) is 13.2 Å². The molecule has 1 saturated carbocycles. The summed E-state index contributed by atoms with van der Waals surface area (Å²) in [7, 11) is -4.18. The van der Waals surface area contributed by atoms with Crippen LogP contribution in [0.5, 0.6) is 5.88 Å². The molecule has 11 nitrogen and oxygen atoms in total. The molecule has 2 fully saturated rings. The number of aryl methyl sites for hydroxylation is 2. The molecule has 0 aromatic carbocycles. The van der Waals surface area contributed by atoms with E-state index in [4.69, 9.17) is 16.3 Å². The lowest BCUT2D eigenvalue weighted by molar-refractivity contribution is 0.0981. The molecule has 0 radical (unpaired) electrons. The predicted octanol–water partition coefficient (Wildman–Crippen LogP) is 4.28. The van der Waals surface area contributed by atoms with Crippen molar-refractivity contribution in [3.8, 4) is 11.7 Å². The van der Waals surface area contributed by atoms with E-state index in [1.54, 1.807) is 29.9 Å². The molecule has 1 aliphatic heterocycles. The van der Waals surface area contributed by atoms with Crippen LogP contribution in [0.4, 0.5) is 0 Å². The molecule has 0 spiro atoms. The van der Waals surface area contributed by atoms with Crippen molar-refractivity contribution >= 4 is 27.5 Å². The average molecular weight is 604 g/mol. The third kappa shape index (κ3) is 7.28. The normalized spacial score (nSPS) is 19.3. The fourth-order valence-corrected chi connectivity index (χ4v) is 6.63. The lowest BCUT2D eigenvalue weighted by Gasteiger charge is -2.17.